The Kier molecular flexibility index (Phi) is 5.15. The van der Waals surface area contributed by atoms with Crippen molar-refractivity contribution in [1.29, 1.82) is 0 Å². The second-order valence-corrected chi connectivity index (χ2v) is 4.89. The maximum absolute atomic E-state index is 12.3. The predicted molar refractivity (Wildman–Crippen MR) is 66.5 cm³/mol. The lowest BCUT2D eigenvalue weighted by Gasteiger charge is -2.35. The molecule has 0 aromatic rings. The summed E-state index contributed by atoms with van der Waals surface area (Å²) in [7, 11) is 1.32. The molecule has 0 aromatic carbocycles. The fourth-order valence-electron chi connectivity index (χ4n) is 2.51. The van der Waals surface area contributed by atoms with E-state index < -0.39 is 12.0 Å². The minimum absolute atomic E-state index is 0.0117. The highest BCUT2D eigenvalue weighted by Crippen LogP contribution is 2.18. The van der Waals surface area contributed by atoms with E-state index >= 15 is 0 Å². The van der Waals surface area contributed by atoms with Crippen molar-refractivity contribution < 1.29 is 23.8 Å². The maximum Gasteiger partial charge on any atom is 0.331 e. The van der Waals surface area contributed by atoms with Crippen LogP contribution in [0.1, 0.15) is 25.7 Å². The molecule has 108 valence electrons. The number of carbonyl (C=O) groups is 2. The zero-order valence-electron chi connectivity index (χ0n) is 11.3. The second-order valence-electron chi connectivity index (χ2n) is 4.89. The average Bonchev–Trinajstić information content (AvgIpc) is 2.47. The van der Waals surface area contributed by atoms with Gasteiger partial charge in [-0.2, -0.15) is 0 Å². The van der Waals surface area contributed by atoms with Crippen LogP contribution < -0.4 is 0 Å². The number of morpholine rings is 1. The summed E-state index contributed by atoms with van der Waals surface area (Å²) in [5, 5.41) is 0. The number of ether oxygens (including phenoxy) is 3. The predicted octanol–water partition coefficient (Wildman–Crippen LogP) is 0.346. The summed E-state index contributed by atoms with van der Waals surface area (Å²) in [6.07, 6.45) is 3.41. The standard InChI is InChI=1S/C13H21NO5/c1-17-13(16)11-9-18-7-5-14(11)12(15)8-10-4-2-3-6-19-10/h10-11H,2-9H2,1H3. The Balaban J connectivity index is 1.92. The molecule has 2 heterocycles. The number of nitrogens with zero attached hydrogens (tertiary/aromatic N) is 1. The van der Waals surface area contributed by atoms with E-state index in [0.717, 1.165) is 25.9 Å². The van der Waals surface area contributed by atoms with Crippen LogP contribution in [0.4, 0.5) is 0 Å². The SMILES string of the molecule is COC(=O)C1COCCN1C(=O)CC1CCCCO1. The Morgan fingerprint density at radius 3 is 2.84 bits per heavy atom. The van der Waals surface area contributed by atoms with Crippen LogP contribution in [-0.4, -0.2) is 62.4 Å². The number of rotatable bonds is 3. The Morgan fingerprint density at radius 1 is 1.32 bits per heavy atom. The van der Waals surface area contributed by atoms with Crippen molar-refractivity contribution in [3.05, 3.63) is 0 Å². The molecule has 0 aromatic heterocycles. The van der Waals surface area contributed by atoms with Crippen molar-refractivity contribution in [1.82, 2.24) is 4.90 Å². The van der Waals surface area contributed by atoms with Crippen LogP contribution in [0.3, 0.4) is 0 Å². The molecule has 2 unspecified atom stereocenters. The maximum atomic E-state index is 12.3. The van der Waals surface area contributed by atoms with E-state index in [-0.39, 0.29) is 18.6 Å². The molecule has 2 aliphatic heterocycles. The molecule has 2 atom stereocenters. The minimum Gasteiger partial charge on any atom is -0.467 e. The normalized spacial score (nSPS) is 27.9. The van der Waals surface area contributed by atoms with Crippen molar-refractivity contribution in [3.8, 4) is 0 Å². The summed E-state index contributed by atoms with van der Waals surface area (Å²) < 4.78 is 15.5. The van der Waals surface area contributed by atoms with Crippen LogP contribution in [0.25, 0.3) is 0 Å². The molecule has 19 heavy (non-hydrogen) atoms. The molecule has 0 spiro atoms. The van der Waals surface area contributed by atoms with Crippen LogP contribution in [-0.2, 0) is 23.8 Å². The van der Waals surface area contributed by atoms with Crippen molar-refractivity contribution in [2.45, 2.75) is 37.8 Å². The molecule has 0 bridgehead atoms. The van der Waals surface area contributed by atoms with Crippen LogP contribution in [0.2, 0.25) is 0 Å². The van der Waals surface area contributed by atoms with Gasteiger partial charge in [-0.3, -0.25) is 4.79 Å². The van der Waals surface area contributed by atoms with E-state index in [4.69, 9.17) is 14.2 Å². The number of amides is 1. The van der Waals surface area contributed by atoms with E-state index in [9.17, 15) is 9.59 Å². The zero-order valence-corrected chi connectivity index (χ0v) is 11.3. The van der Waals surface area contributed by atoms with Crippen LogP contribution in [0.15, 0.2) is 0 Å². The van der Waals surface area contributed by atoms with Gasteiger partial charge in [-0.15, -0.1) is 0 Å². The van der Waals surface area contributed by atoms with Gasteiger partial charge in [-0.25, -0.2) is 4.79 Å². The van der Waals surface area contributed by atoms with Gasteiger partial charge in [-0.1, -0.05) is 0 Å². The van der Waals surface area contributed by atoms with Crippen LogP contribution in [0.5, 0.6) is 0 Å². The third-order valence-corrected chi connectivity index (χ3v) is 3.60. The van der Waals surface area contributed by atoms with Gasteiger partial charge >= 0.3 is 5.97 Å². The topological polar surface area (TPSA) is 65.1 Å². The molecular weight excluding hydrogens is 250 g/mol. The van der Waals surface area contributed by atoms with Crippen LogP contribution in [0, 0.1) is 0 Å². The highest BCUT2D eigenvalue weighted by Gasteiger charge is 2.34. The number of methoxy groups -OCH3 is 1. The molecule has 1 amide bonds. The molecule has 2 rings (SSSR count). The lowest BCUT2D eigenvalue weighted by atomic mass is 10.0. The Labute approximate surface area is 113 Å². The van der Waals surface area contributed by atoms with Crippen molar-refractivity contribution in [2.24, 2.45) is 0 Å². The Hall–Kier alpha value is -1.14. The first-order valence-electron chi connectivity index (χ1n) is 6.79. The number of carbonyl (C=O) groups excluding carboxylic acids is 2. The smallest absolute Gasteiger partial charge is 0.331 e. The average molecular weight is 271 g/mol. The zero-order chi connectivity index (χ0) is 13.7. The molecule has 2 fully saturated rings. The van der Waals surface area contributed by atoms with E-state index in [1.165, 1.54) is 7.11 Å². The highest BCUT2D eigenvalue weighted by atomic mass is 16.5. The third-order valence-electron chi connectivity index (χ3n) is 3.60. The molecule has 6 heteroatoms. The van der Waals surface area contributed by atoms with Crippen molar-refractivity contribution in [2.75, 3.05) is 33.5 Å². The largest absolute Gasteiger partial charge is 0.467 e. The van der Waals surface area contributed by atoms with E-state index in [2.05, 4.69) is 0 Å². The monoisotopic (exact) mass is 271 g/mol. The summed E-state index contributed by atoms with van der Waals surface area (Å²) >= 11 is 0. The minimum atomic E-state index is -0.616. The van der Waals surface area contributed by atoms with Gasteiger partial charge in [0, 0.05) is 13.2 Å². The molecule has 6 nitrogen and oxygen atoms in total. The molecule has 0 radical (unpaired) electrons. The van der Waals surface area contributed by atoms with Gasteiger partial charge in [0.05, 0.1) is 32.8 Å². The summed E-state index contributed by atoms with van der Waals surface area (Å²) in [6.45, 7) is 1.83. The Bertz CT molecular complexity index is 327. The summed E-state index contributed by atoms with van der Waals surface area (Å²) in [4.78, 5) is 25.5. The number of hydrogen-bond acceptors (Lipinski definition) is 5. The quantitative estimate of drug-likeness (QED) is 0.693. The van der Waals surface area contributed by atoms with E-state index in [1.54, 1.807) is 4.90 Å². The summed E-state index contributed by atoms with van der Waals surface area (Å²) in [5.74, 6) is -0.469. The van der Waals surface area contributed by atoms with Crippen molar-refractivity contribution in [3.63, 3.8) is 0 Å². The number of hydrogen-bond donors (Lipinski definition) is 0. The van der Waals surface area contributed by atoms with Gasteiger partial charge in [0.25, 0.3) is 0 Å². The Morgan fingerprint density at radius 2 is 2.16 bits per heavy atom. The van der Waals surface area contributed by atoms with Gasteiger partial charge in [-0.05, 0) is 19.3 Å². The van der Waals surface area contributed by atoms with Gasteiger partial charge in [0.15, 0.2) is 6.04 Å². The van der Waals surface area contributed by atoms with Gasteiger partial charge < -0.3 is 19.1 Å². The molecule has 0 saturated carbocycles. The molecule has 2 aliphatic rings. The highest BCUT2D eigenvalue weighted by molar-refractivity contribution is 5.85. The van der Waals surface area contributed by atoms with E-state index in [1.807, 2.05) is 0 Å². The molecule has 0 aliphatic carbocycles. The van der Waals surface area contributed by atoms with Gasteiger partial charge in [0.1, 0.15) is 0 Å². The molecule has 2 saturated heterocycles. The molecular formula is C13H21NO5. The number of esters is 1. The summed E-state index contributed by atoms with van der Waals surface area (Å²) in [5.41, 5.74) is 0. The van der Waals surface area contributed by atoms with Gasteiger partial charge in [0.2, 0.25) is 5.91 Å². The fourth-order valence-corrected chi connectivity index (χ4v) is 2.51. The second kappa shape index (κ2) is 6.86. The van der Waals surface area contributed by atoms with E-state index in [0.29, 0.717) is 19.6 Å². The van der Waals surface area contributed by atoms with Crippen molar-refractivity contribution >= 4 is 11.9 Å². The fraction of sp³-hybridized carbons (Fsp3) is 0.846. The first kappa shape index (κ1) is 14.3. The third kappa shape index (κ3) is 3.67. The summed E-state index contributed by atoms with van der Waals surface area (Å²) in [6, 6.07) is -0.616. The first-order chi connectivity index (χ1) is 9.22. The lowest BCUT2D eigenvalue weighted by molar-refractivity contribution is -0.162. The lowest BCUT2D eigenvalue weighted by Crippen LogP contribution is -2.53. The van der Waals surface area contributed by atoms with Crippen LogP contribution >= 0.6 is 0 Å². The molecule has 0 N–H and O–H groups in total. The first-order valence-corrected chi connectivity index (χ1v) is 6.79.